The molecule has 12 heteroatoms. The molecule has 2 atom stereocenters. The molecule has 1 saturated heterocycles. The molecule has 3 rings (SSSR count). The molecule has 0 aromatic carbocycles. The van der Waals surface area contributed by atoms with Gasteiger partial charge in [-0.05, 0) is 33.3 Å². The first-order valence-corrected chi connectivity index (χ1v) is 11.8. The molecule has 10 nitrogen and oxygen atoms in total. The Hall–Kier alpha value is -2.86. The summed E-state index contributed by atoms with van der Waals surface area (Å²) in [6, 6.07) is -0.825. The fraction of sp³-hybridized carbons (Fsp3) is 0.450. The number of thiazole rings is 1. The van der Waals surface area contributed by atoms with Crippen molar-refractivity contribution in [1.29, 1.82) is 0 Å². The van der Waals surface area contributed by atoms with Crippen molar-refractivity contribution in [1.82, 2.24) is 15.2 Å². The van der Waals surface area contributed by atoms with Gasteiger partial charge in [-0.3, -0.25) is 19.8 Å². The van der Waals surface area contributed by atoms with Gasteiger partial charge in [0.15, 0.2) is 5.13 Å². The topological polar surface area (TPSA) is 138 Å². The monoisotopic (exact) mass is 480 g/mol. The van der Waals surface area contributed by atoms with Crippen LogP contribution in [0.5, 0.6) is 0 Å². The molecule has 172 valence electrons. The second-order valence-electron chi connectivity index (χ2n) is 7.97. The molecule has 2 aliphatic rings. The van der Waals surface area contributed by atoms with Crippen molar-refractivity contribution in [3.63, 3.8) is 0 Å². The van der Waals surface area contributed by atoms with Gasteiger partial charge in [0, 0.05) is 11.1 Å². The zero-order valence-corrected chi connectivity index (χ0v) is 19.6. The molecule has 3 heterocycles. The molecule has 0 spiro atoms. The fourth-order valence-electron chi connectivity index (χ4n) is 3.12. The third-order valence-corrected chi connectivity index (χ3v) is 6.33. The Morgan fingerprint density at radius 1 is 1.38 bits per heavy atom. The number of nitrogens with zero attached hydrogens (tertiary/aromatic N) is 2. The third-order valence-electron chi connectivity index (χ3n) is 4.39. The van der Waals surface area contributed by atoms with Gasteiger partial charge in [0.1, 0.15) is 22.7 Å². The van der Waals surface area contributed by atoms with E-state index in [2.05, 4.69) is 15.6 Å². The minimum Gasteiger partial charge on any atom is -0.477 e. The number of amides is 3. The zero-order valence-electron chi connectivity index (χ0n) is 18.0. The number of hydrogen-bond acceptors (Lipinski definition) is 8. The molecule has 0 aliphatic carbocycles. The number of aliphatic carboxylic acids is 1. The zero-order chi connectivity index (χ0) is 23.6. The molecule has 1 fully saturated rings. The van der Waals surface area contributed by atoms with Crippen molar-refractivity contribution in [3.05, 3.63) is 28.9 Å². The molecule has 0 saturated carbocycles. The van der Waals surface area contributed by atoms with E-state index in [1.807, 2.05) is 6.92 Å². The smallest absolute Gasteiger partial charge is 0.413 e. The number of allylic oxidation sites excluding steroid dienone is 1. The summed E-state index contributed by atoms with van der Waals surface area (Å²) in [6.45, 7) is 7.09. The first-order chi connectivity index (χ1) is 15.0. The van der Waals surface area contributed by atoms with Gasteiger partial charge in [-0.25, -0.2) is 14.6 Å². The number of thioether (sulfide) groups is 1. The van der Waals surface area contributed by atoms with Crippen LogP contribution in [0.2, 0.25) is 0 Å². The molecule has 32 heavy (non-hydrogen) atoms. The summed E-state index contributed by atoms with van der Waals surface area (Å²) in [6.07, 6.45) is 3.06. The van der Waals surface area contributed by atoms with E-state index >= 15 is 0 Å². The number of nitrogens with one attached hydrogen (secondary N) is 2. The highest BCUT2D eigenvalue weighted by molar-refractivity contribution is 8.00. The molecule has 0 unspecified atom stereocenters. The molecule has 3 amide bonds. The maximum Gasteiger partial charge on any atom is 0.413 e. The average molecular weight is 481 g/mol. The molecule has 3 N–H and O–H groups in total. The predicted octanol–water partition coefficient (Wildman–Crippen LogP) is 2.65. The third kappa shape index (κ3) is 5.13. The summed E-state index contributed by atoms with van der Waals surface area (Å²) in [4.78, 5) is 54.2. The maximum absolute atomic E-state index is 13.0. The average Bonchev–Trinajstić information content (AvgIpc) is 3.15. The second-order valence-corrected chi connectivity index (χ2v) is 9.98. The molecular formula is C20H24N4O6S2. The number of hydrogen-bond donors (Lipinski definition) is 3. The van der Waals surface area contributed by atoms with Crippen LogP contribution in [0.3, 0.4) is 0 Å². The van der Waals surface area contributed by atoms with Gasteiger partial charge in [-0.15, -0.1) is 23.1 Å². The van der Waals surface area contributed by atoms with E-state index in [1.165, 1.54) is 22.7 Å². The largest absolute Gasteiger partial charge is 0.477 e. The number of aromatic nitrogens is 1. The van der Waals surface area contributed by atoms with Gasteiger partial charge in [0.05, 0.1) is 11.3 Å². The van der Waals surface area contributed by atoms with Crippen molar-refractivity contribution in [2.75, 3.05) is 11.1 Å². The summed E-state index contributed by atoms with van der Waals surface area (Å²) in [5, 5.41) is 15.9. The highest BCUT2D eigenvalue weighted by Gasteiger charge is 2.52. The predicted molar refractivity (Wildman–Crippen MR) is 121 cm³/mol. The maximum atomic E-state index is 13.0. The van der Waals surface area contributed by atoms with Gasteiger partial charge in [0.25, 0.3) is 11.8 Å². The standard InChI is InChI=1S/C20H24N4O6S2/c1-5-6-10(11-9-32-18(21-11)23-19(29)30-20(2,3)4)14(25)22-13-15(26)24-12(17(27)28)7-8-31-16(13)24/h6-7,9,13,16H,5,8H2,1-4H3,(H,22,25)(H,27,28)(H,21,23,29)/b10-6+/t13-,16-/m1/s1. The molecule has 2 aliphatic heterocycles. The van der Waals surface area contributed by atoms with Crippen LogP contribution in [0.1, 0.15) is 39.8 Å². The van der Waals surface area contributed by atoms with Crippen molar-refractivity contribution >= 4 is 57.7 Å². The van der Waals surface area contributed by atoms with Crippen LogP contribution >= 0.6 is 23.1 Å². The van der Waals surface area contributed by atoms with Crippen molar-refractivity contribution in [2.24, 2.45) is 0 Å². The van der Waals surface area contributed by atoms with E-state index in [9.17, 15) is 24.3 Å². The minimum atomic E-state index is -1.17. The first kappa shape index (κ1) is 23.8. The van der Waals surface area contributed by atoms with Crippen LogP contribution in [0.15, 0.2) is 23.2 Å². The lowest BCUT2D eigenvalue weighted by Crippen LogP contribution is -2.70. The van der Waals surface area contributed by atoms with E-state index in [0.29, 0.717) is 17.9 Å². The first-order valence-electron chi connectivity index (χ1n) is 9.87. The number of carboxylic acids is 1. The summed E-state index contributed by atoms with van der Waals surface area (Å²) in [7, 11) is 0. The number of carbonyl (C=O) groups is 4. The normalized spacial score (nSPS) is 20.6. The molecule has 0 bridgehead atoms. The number of carbonyl (C=O) groups excluding carboxylic acids is 3. The minimum absolute atomic E-state index is 0.0640. The lowest BCUT2D eigenvalue weighted by molar-refractivity contribution is -0.150. The Labute approximate surface area is 193 Å². The number of anilines is 1. The highest BCUT2D eigenvalue weighted by atomic mass is 32.2. The lowest BCUT2D eigenvalue weighted by atomic mass is 10.0. The van der Waals surface area contributed by atoms with Crippen LogP contribution in [0, 0.1) is 0 Å². The van der Waals surface area contributed by atoms with E-state index in [4.69, 9.17) is 4.74 Å². The van der Waals surface area contributed by atoms with Gasteiger partial charge < -0.3 is 15.2 Å². The molecular weight excluding hydrogens is 456 g/mol. The lowest BCUT2D eigenvalue weighted by Gasteiger charge is -2.48. The van der Waals surface area contributed by atoms with Crippen LogP contribution in [-0.2, 0) is 19.1 Å². The van der Waals surface area contributed by atoms with Crippen molar-refractivity contribution in [2.45, 2.75) is 51.1 Å². The summed E-state index contributed by atoms with van der Waals surface area (Å²) >= 11 is 2.52. The van der Waals surface area contributed by atoms with Crippen molar-refractivity contribution in [3.8, 4) is 0 Å². The highest BCUT2D eigenvalue weighted by Crippen LogP contribution is 2.37. The van der Waals surface area contributed by atoms with Crippen LogP contribution in [0.4, 0.5) is 9.93 Å². The Morgan fingerprint density at radius 3 is 2.72 bits per heavy atom. The van der Waals surface area contributed by atoms with Gasteiger partial charge in [0.2, 0.25) is 0 Å². The summed E-state index contributed by atoms with van der Waals surface area (Å²) < 4.78 is 5.20. The second kappa shape index (κ2) is 9.33. The van der Waals surface area contributed by atoms with Crippen LogP contribution in [0.25, 0.3) is 5.57 Å². The SMILES string of the molecule is CC/C=C(/C(=O)N[C@@H]1C(=O)N2C(C(=O)O)=CCS[C@H]12)c1csc(NC(=O)OC(C)(C)C)n1. The Morgan fingerprint density at radius 2 is 2.09 bits per heavy atom. The molecule has 1 aromatic heterocycles. The number of ether oxygens (including phenoxy) is 1. The van der Waals surface area contributed by atoms with Gasteiger partial charge >= 0.3 is 12.1 Å². The van der Waals surface area contributed by atoms with E-state index in [-0.39, 0.29) is 16.4 Å². The Kier molecular flexibility index (Phi) is 6.94. The van der Waals surface area contributed by atoms with Crippen LogP contribution < -0.4 is 10.6 Å². The van der Waals surface area contributed by atoms with E-state index in [0.717, 1.165) is 11.3 Å². The van der Waals surface area contributed by atoms with E-state index in [1.54, 1.807) is 32.2 Å². The number of β-lactam (4-membered cyclic amide) rings is 1. The fourth-order valence-corrected chi connectivity index (χ4v) is 5.01. The quantitative estimate of drug-likeness (QED) is 0.417. The molecule has 0 radical (unpaired) electrons. The van der Waals surface area contributed by atoms with Crippen LogP contribution in [-0.4, -0.2) is 61.6 Å². The molecule has 1 aromatic rings. The number of carboxylic acid groups (broad SMARTS) is 1. The van der Waals surface area contributed by atoms with Crippen molar-refractivity contribution < 1.29 is 29.0 Å². The Balaban J connectivity index is 1.69. The van der Waals surface area contributed by atoms with E-state index < -0.39 is 40.9 Å². The van der Waals surface area contributed by atoms with Gasteiger partial charge in [-0.2, -0.15) is 0 Å². The number of rotatable bonds is 6. The van der Waals surface area contributed by atoms with Gasteiger partial charge in [-0.1, -0.05) is 13.0 Å². The summed E-state index contributed by atoms with van der Waals surface area (Å²) in [5.41, 5.74) is -0.104. The Bertz CT molecular complexity index is 1010. The summed E-state index contributed by atoms with van der Waals surface area (Å²) in [5.74, 6) is -1.70. The number of fused-ring (bicyclic) bond motifs is 1.